The molecule has 0 aliphatic carbocycles. The molecule has 0 bridgehead atoms. The summed E-state index contributed by atoms with van der Waals surface area (Å²) in [5.41, 5.74) is 1.19. The molecular formula is C11H12FNO3. The number of halogens is 1. The maximum atomic E-state index is 13.3. The molecular weight excluding hydrogens is 213 g/mol. The molecule has 5 heteroatoms. The summed E-state index contributed by atoms with van der Waals surface area (Å²) in [6.45, 7) is 1.75. The van der Waals surface area contributed by atoms with Crippen LogP contribution in [0.25, 0.3) is 0 Å². The number of ether oxygens (including phenoxy) is 1. The van der Waals surface area contributed by atoms with Crippen molar-refractivity contribution in [3.63, 3.8) is 0 Å². The van der Waals surface area contributed by atoms with E-state index >= 15 is 0 Å². The highest BCUT2D eigenvalue weighted by Gasteiger charge is 2.05. The van der Waals surface area contributed by atoms with Crippen molar-refractivity contribution in [3.8, 4) is 0 Å². The molecule has 0 fully saturated rings. The third-order valence-corrected chi connectivity index (χ3v) is 2.00. The van der Waals surface area contributed by atoms with Gasteiger partial charge in [-0.2, -0.15) is 0 Å². The quantitative estimate of drug-likeness (QED) is 0.446. The van der Waals surface area contributed by atoms with E-state index in [2.05, 4.69) is 9.89 Å². The minimum atomic E-state index is -0.620. The van der Waals surface area contributed by atoms with Crippen molar-refractivity contribution in [1.82, 2.24) is 0 Å². The zero-order valence-corrected chi connectivity index (χ0v) is 9.07. The molecule has 16 heavy (non-hydrogen) atoms. The van der Waals surface area contributed by atoms with Gasteiger partial charge in [-0.1, -0.05) is 17.3 Å². The van der Waals surface area contributed by atoms with Crippen molar-refractivity contribution in [2.24, 2.45) is 5.16 Å². The van der Waals surface area contributed by atoms with Crippen LogP contribution in [0.2, 0.25) is 0 Å². The summed E-state index contributed by atoms with van der Waals surface area (Å²) in [6, 6.07) is 4.73. The number of benzene rings is 1. The van der Waals surface area contributed by atoms with Gasteiger partial charge in [0.05, 0.1) is 7.11 Å². The molecule has 1 aromatic carbocycles. The molecule has 0 unspecified atom stereocenters. The largest absolute Gasteiger partial charge is 0.465 e. The third kappa shape index (κ3) is 3.34. The molecule has 0 amide bonds. The summed E-state index contributed by atoms with van der Waals surface area (Å²) in [7, 11) is 1.23. The van der Waals surface area contributed by atoms with Crippen molar-refractivity contribution in [2.75, 3.05) is 7.11 Å². The van der Waals surface area contributed by atoms with Crippen LogP contribution in [0.3, 0.4) is 0 Å². The van der Waals surface area contributed by atoms with Crippen LogP contribution >= 0.6 is 0 Å². The average Bonchev–Trinajstić information content (AvgIpc) is 2.27. The predicted molar refractivity (Wildman–Crippen MR) is 56.4 cm³/mol. The molecule has 0 radical (unpaired) electrons. The summed E-state index contributed by atoms with van der Waals surface area (Å²) >= 11 is 0. The van der Waals surface area contributed by atoms with Gasteiger partial charge in [0, 0.05) is 5.56 Å². The Bertz CT molecular complexity index is 384. The minimum absolute atomic E-state index is 0.0218. The van der Waals surface area contributed by atoms with Gasteiger partial charge in [0.2, 0.25) is 0 Å². The second-order valence-electron chi connectivity index (χ2n) is 3.07. The first-order valence-electron chi connectivity index (χ1n) is 4.62. The van der Waals surface area contributed by atoms with E-state index in [1.165, 1.54) is 13.2 Å². The highest BCUT2D eigenvalue weighted by atomic mass is 19.1. The molecule has 0 saturated carbocycles. The zero-order valence-electron chi connectivity index (χ0n) is 9.07. The fourth-order valence-electron chi connectivity index (χ4n) is 1.08. The lowest BCUT2D eigenvalue weighted by Gasteiger charge is -2.04. The van der Waals surface area contributed by atoms with E-state index < -0.39 is 5.97 Å². The number of hydrogen-bond donors (Lipinski definition) is 0. The van der Waals surface area contributed by atoms with Gasteiger partial charge in [0.1, 0.15) is 12.4 Å². The van der Waals surface area contributed by atoms with Crippen molar-refractivity contribution in [2.45, 2.75) is 13.5 Å². The minimum Gasteiger partial charge on any atom is -0.465 e. The van der Waals surface area contributed by atoms with E-state index in [4.69, 9.17) is 4.84 Å². The highest BCUT2D eigenvalue weighted by molar-refractivity contribution is 6.22. The molecule has 0 aliphatic rings. The van der Waals surface area contributed by atoms with Crippen molar-refractivity contribution < 1.29 is 18.8 Å². The number of carbonyl (C=O) groups is 1. The molecule has 1 aromatic rings. The monoisotopic (exact) mass is 225 g/mol. The van der Waals surface area contributed by atoms with Gasteiger partial charge in [-0.05, 0) is 18.6 Å². The van der Waals surface area contributed by atoms with Gasteiger partial charge >= 0.3 is 5.97 Å². The fourth-order valence-corrected chi connectivity index (χ4v) is 1.08. The number of hydrogen-bond acceptors (Lipinski definition) is 4. The number of esters is 1. The van der Waals surface area contributed by atoms with Crippen LogP contribution in [0, 0.1) is 12.7 Å². The number of oxime groups is 1. The summed E-state index contributed by atoms with van der Waals surface area (Å²) in [5, 5.41) is 3.35. The summed E-state index contributed by atoms with van der Waals surface area (Å²) in [5.74, 6) is -0.974. The lowest BCUT2D eigenvalue weighted by atomic mass is 10.1. The third-order valence-electron chi connectivity index (χ3n) is 2.00. The van der Waals surface area contributed by atoms with E-state index in [9.17, 15) is 9.18 Å². The molecule has 0 atom stereocenters. The smallest absolute Gasteiger partial charge is 0.352 e. The maximum absolute atomic E-state index is 13.3. The van der Waals surface area contributed by atoms with Crippen LogP contribution < -0.4 is 0 Å². The SMILES string of the molecule is COC(=O)C=NOCc1c(C)cccc1F. The molecule has 0 aromatic heterocycles. The van der Waals surface area contributed by atoms with Gasteiger partial charge in [-0.3, -0.25) is 0 Å². The van der Waals surface area contributed by atoms with Crippen LogP contribution in [-0.4, -0.2) is 19.3 Å². The number of nitrogens with zero attached hydrogens (tertiary/aromatic N) is 1. The van der Waals surface area contributed by atoms with Gasteiger partial charge in [0.25, 0.3) is 0 Å². The lowest BCUT2D eigenvalue weighted by molar-refractivity contribution is -0.132. The first kappa shape index (κ1) is 12.2. The van der Waals surface area contributed by atoms with Crippen molar-refractivity contribution in [1.29, 1.82) is 0 Å². The maximum Gasteiger partial charge on any atom is 0.352 e. The summed E-state index contributed by atoms with van der Waals surface area (Å²) < 4.78 is 17.6. The van der Waals surface area contributed by atoms with Gasteiger partial charge < -0.3 is 9.57 Å². The first-order valence-corrected chi connectivity index (χ1v) is 4.62. The Labute approximate surface area is 92.7 Å². The van der Waals surface area contributed by atoms with Crippen molar-refractivity contribution in [3.05, 3.63) is 35.1 Å². The first-order chi connectivity index (χ1) is 7.65. The molecule has 86 valence electrons. The molecule has 1 rings (SSSR count). The normalized spacial score (nSPS) is 10.4. The Morgan fingerprint density at radius 2 is 2.31 bits per heavy atom. The number of rotatable bonds is 4. The predicted octanol–water partition coefficient (Wildman–Crippen LogP) is 1.81. The molecule has 0 spiro atoms. The second kappa shape index (κ2) is 5.85. The standard InChI is InChI=1S/C11H12FNO3/c1-8-4-3-5-10(12)9(8)7-16-13-6-11(14)15-2/h3-6H,7H2,1-2H3. The van der Waals surface area contributed by atoms with Crippen molar-refractivity contribution >= 4 is 12.2 Å². The second-order valence-corrected chi connectivity index (χ2v) is 3.07. The van der Waals surface area contributed by atoms with Crippen LogP contribution in [0.4, 0.5) is 4.39 Å². The molecule has 0 heterocycles. The number of carbonyl (C=O) groups excluding carboxylic acids is 1. The van der Waals surface area contributed by atoms with Gasteiger partial charge in [0.15, 0.2) is 6.21 Å². The Morgan fingerprint density at radius 3 is 2.94 bits per heavy atom. The number of aryl methyl sites for hydroxylation is 1. The van der Waals surface area contributed by atoms with E-state index in [1.807, 2.05) is 0 Å². The Hall–Kier alpha value is -1.91. The molecule has 0 saturated heterocycles. The molecule has 0 N–H and O–H groups in total. The Morgan fingerprint density at radius 1 is 1.56 bits per heavy atom. The van der Waals surface area contributed by atoms with Gasteiger partial charge in [-0.25, -0.2) is 9.18 Å². The van der Waals surface area contributed by atoms with E-state index in [0.717, 1.165) is 11.8 Å². The van der Waals surface area contributed by atoms with Crippen LogP contribution in [-0.2, 0) is 21.0 Å². The summed E-state index contributed by atoms with van der Waals surface area (Å²) in [4.78, 5) is 15.4. The van der Waals surface area contributed by atoms with Crippen LogP contribution in [0.5, 0.6) is 0 Å². The Balaban J connectivity index is 2.55. The molecule has 0 aliphatic heterocycles. The number of methoxy groups -OCH3 is 1. The molecule has 4 nitrogen and oxygen atoms in total. The average molecular weight is 225 g/mol. The lowest BCUT2D eigenvalue weighted by Crippen LogP contribution is -2.02. The van der Waals surface area contributed by atoms with E-state index in [0.29, 0.717) is 5.56 Å². The highest BCUT2D eigenvalue weighted by Crippen LogP contribution is 2.13. The van der Waals surface area contributed by atoms with Crippen LogP contribution in [0.15, 0.2) is 23.4 Å². The van der Waals surface area contributed by atoms with Crippen LogP contribution in [0.1, 0.15) is 11.1 Å². The fraction of sp³-hybridized carbons (Fsp3) is 0.273. The topological polar surface area (TPSA) is 47.9 Å². The van der Waals surface area contributed by atoms with Gasteiger partial charge in [-0.15, -0.1) is 0 Å². The van der Waals surface area contributed by atoms with E-state index in [1.54, 1.807) is 19.1 Å². The van der Waals surface area contributed by atoms with E-state index in [-0.39, 0.29) is 12.4 Å². The summed E-state index contributed by atoms with van der Waals surface area (Å²) in [6.07, 6.45) is 0.885. The zero-order chi connectivity index (χ0) is 12.0. The Kier molecular flexibility index (Phi) is 4.44.